The minimum atomic E-state index is -0.891. The van der Waals surface area contributed by atoms with Crippen LogP contribution in [-0.4, -0.2) is 60.0 Å². The molecule has 0 saturated heterocycles. The van der Waals surface area contributed by atoms with Crippen molar-refractivity contribution in [3.63, 3.8) is 0 Å². The number of nitrogens with two attached hydrogens (primary N) is 1. The van der Waals surface area contributed by atoms with Gasteiger partial charge in [-0.1, -0.05) is 0 Å². The molecule has 102 valence electrons. The maximum atomic E-state index is 10.7. The highest BCUT2D eigenvalue weighted by Crippen LogP contribution is 2.21. The van der Waals surface area contributed by atoms with Gasteiger partial charge in [-0.25, -0.2) is 4.68 Å². The van der Waals surface area contributed by atoms with Crippen LogP contribution in [0.5, 0.6) is 0 Å². The number of rotatable bonds is 7. The molecule has 0 radical (unpaired) electrons. The smallest absolute Gasteiger partial charge is 0.323 e. The van der Waals surface area contributed by atoms with Crippen molar-refractivity contribution in [2.75, 3.05) is 44.9 Å². The number of carbonyl (C=O) groups is 1. The summed E-state index contributed by atoms with van der Waals surface area (Å²) in [6.07, 6.45) is 2.49. The molecule has 1 aromatic heterocycles. The van der Waals surface area contributed by atoms with Crippen molar-refractivity contribution in [3.05, 3.63) is 6.20 Å². The SMILES string of the molecule is CN(C)CCCn1ncc(N)c1N(C)CC(=O)O. The predicted molar refractivity (Wildman–Crippen MR) is 70.7 cm³/mol. The number of nitrogen functional groups attached to an aromatic ring is 1. The first-order valence-electron chi connectivity index (χ1n) is 5.80. The Bertz CT molecular complexity index is 402. The van der Waals surface area contributed by atoms with E-state index in [0.717, 1.165) is 13.0 Å². The first-order valence-corrected chi connectivity index (χ1v) is 5.80. The summed E-state index contributed by atoms with van der Waals surface area (Å²) in [7, 11) is 5.72. The zero-order valence-electron chi connectivity index (χ0n) is 11.1. The normalized spacial score (nSPS) is 10.9. The summed E-state index contributed by atoms with van der Waals surface area (Å²) in [6.45, 7) is 1.57. The molecule has 0 fully saturated rings. The van der Waals surface area contributed by atoms with E-state index in [4.69, 9.17) is 10.8 Å². The molecule has 0 amide bonds. The minimum Gasteiger partial charge on any atom is -0.480 e. The molecule has 7 nitrogen and oxygen atoms in total. The molecule has 0 aliphatic rings. The molecule has 0 aromatic carbocycles. The fourth-order valence-electron chi connectivity index (χ4n) is 1.79. The van der Waals surface area contributed by atoms with Crippen LogP contribution >= 0.6 is 0 Å². The van der Waals surface area contributed by atoms with E-state index in [0.29, 0.717) is 18.1 Å². The van der Waals surface area contributed by atoms with Crippen molar-refractivity contribution in [1.82, 2.24) is 14.7 Å². The number of anilines is 2. The number of aromatic nitrogens is 2. The van der Waals surface area contributed by atoms with Crippen LogP contribution in [0.1, 0.15) is 6.42 Å². The predicted octanol–water partition coefficient (Wildman–Crippen LogP) is -0.0622. The maximum Gasteiger partial charge on any atom is 0.323 e. The number of hydrogen-bond acceptors (Lipinski definition) is 5. The van der Waals surface area contributed by atoms with Crippen LogP contribution in [0.2, 0.25) is 0 Å². The first kappa shape index (κ1) is 14.3. The summed E-state index contributed by atoms with van der Waals surface area (Å²) in [5.41, 5.74) is 6.32. The zero-order valence-corrected chi connectivity index (χ0v) is 11.1. The Morgan fingerprint density at radius 2 is 2.17 bits per heavy atom. The molecule has 0 aliphatic heterocycles. The molecule has 0 saturated carbocycles. The molecule has 0 bridgehead atoms. The van der Waals surface area contributed by atoms with Crippen LogP contribution < -0.4 is 10.6 Å². The third-order valence-electron chi connectivity index (χ3n) is 2.55. The molecule has 0 aliphatic carbocycles. The summed E-state index contributed by atoms with van der Waals surface area (Å²) in [6, 6.07) is 0. The fourth-order valence-corrected chi connectivity index (χ4v) is 1.79. The minimum absolute atomic E-state index is 0.0937. The topological polar surface area (TPSA) is 87.6 Å². The quantitative estimate of drug-likeness (QED) is 0.709. The van der Waals surface area contributed by atoms with Crippen LogP contribution in [-0.2, 0) is 11.3 Å². The Kier molecular flexibility index (Phi) is 4.96. The van der Waals surface area contributed by atoms with Gasteiger partial charge in [0, 0.05) is 13.6 Å². The average Bonchev–Trinajstić information content (AvgIpc) is 2.58. The van der Waals surface area contributed by atoms with Gasteiger partial charge in [-0.15, -0.1) is 0 Å². The van der Waals surface area contributed by atoms with E-state index in [1.165, 1.54) is 0 Å². The van der Waals surface area contributed by atoms with Gasteiger partial charge < -0.3 is 20.6 Å². The molecule has 0 atom stereocenters. The summed E-state index contributed by atoms with van der Waals surface area (Å²) < 4.78 is 1.75. The highest BCUT2D eigenvalue weighted by Gasteiger charge is 2.15. The number of hydrogen-bond donors (Lipinski definition) is 2. The molecule has 0 unspecified atom stereocenters. The largest absolute Gasteiger partial charge is 0.480 e. The molecular formula is C11H21N5O2. The van der Waals surface area contributed by atoms with Crippen LogP contribution in [0.4, 0.5) is 11.5 Å². The lowest BCUT2D eigenvalue weighted by Gasteiger charge is -2.19. The van der Waals surface area contributed by atoms with Gasteiger partial charge in [0.15, 0.2) is 5.82 Å². The van der Waals surface area contributed by atoms with E-state index in [1.807, 2.05) is 14.1 Å². The maximum absolute atomic E-state index is 10.7. The first-order chi connectivity index (χ1) is 8.41. The highest BCUT2D eigenvalue weighted by molar-refractivity contribution is 5.75. The van der Waals surface area contributed by atoms with Gasteiger partial charge in [0.2, 0.25) is 0 Å². The number of likely N-dealkylation sites (N-methyl/N-ethyl adjacent to an activating group) is 1. The number of aryl methyl sites for hydroxylation is 1. The Balaban J connectivity index is 2.71. The zero-order chi connectivity index (χ0) is 13.7. The number of nitrogens with zero attached hydrogens (tertiary/aromatic N) is 4. The number of aliphatic carboxylic acids is 1. The Morgan fingerprint density at radius 1 is 1.50 bits per heavy atom. The van der Waals surface area contributed by atoms with Crippen LogP contribution in [0.15, 0.2) is 6.20 Å². The third kappa shape index (κ3) is 3.92. The van der Waals surface area contributed by atoms with Crippen LogP contribution in [0, 0.1) is 0 Å². The van der Waals surface area contributed by atoms with E-state index in [9.17, 15) is 4.79 Å². The van der Waals surface area contributed by atoms with Crippen molar-refractivity contribution in [3.8, 4) is 0 Å². The van der Waals surface area contributed by atoms with Crippen molar-refractivity contribution in [2.24, 2.45) is 0 Å². The number of carboxylic acids is 1. The molecule has 3 N–H and O–H groups in total. The van der Waals surface area contributed by atoms with Crippen LogP contribution in [0.25, 0.3) is 0 Å². The van der Waals surface area contributed by atoms with Crippen molar-refractivity contribution < 1.29 is 9.90 Å². The van der Waals surface area contributed by atoms with E-state index < -0.39 is 5.97 Å². The van der Waals surface area contributed by atoms with Gasteiger partial charge in [-0.3, -0.25) is 4.79 Å². The monoisotopic (exact) mass is 255 g/mol. The van der Waals surface area contributed by atoms with E-state index >= 15 is 0 Å². The van der Waals surface area contributed by atoms with Crippen LogP contribution in [0.3, 0.4) is 0 Å². The molecule has 0 spiro atoms. The van der Waals surface area contributed by atoms with E-state index in [-0.39, 0.29) is 6.54 Å². The molecule has 18 heavy (non-hydrogen) atoms. The Hall–Kier alpha value is -1.76. The molecular weight excluding hydrogens is 234 g/mol. The van der Waals surface area contributed by atoms with E-state index in [1.54, 1.807) is 22.8 Å². The molecule has 1 rings (SSSR count). The van der Waals surface area contributed by atoms with Crippen molar-refractivity contribution in [2.45, 2.75) is 13.0 Å². The summed E-state index contributed by atoms with van der Waals surface area (Å²) in [5.74, 6) is -0.228. The molecule has 1 heterocycles. The standard InChI is InChI=1S/C11H21N5O2/c1-14(2)5-4-6-16-11(9(12)7-13-16)15(3)8-10(17)18/h7H,4-6,8,12H2,1-3H3,(H,17,18). The third-order valence-corrected chi connectivity index (χ3v) is 2.55. The Morgan fingerprint density at radius 3 is 2.72 bits per heavy atom. The summed E-state index contributed by atoms with van der Waals surface area (Å²) in [5, 5.41) is 13.0. The lowest BCUT2D eigenvalue weighted by atomic mass is 10.4. The Labute approximate surface area is 107 Å². The summed E-state index contributed by atoms with van der Waals surface area (Å²) in [4.78, 5) is 14.4. The van der Waals surface area contributed by atoms with Gasteiger partial charge >= 0.3 is 5.97 Å². The fraction of sp³-hybridized carbons (Fsp3) is 0.636. The molecule has 7 heteroatoms. The van der Waals surface area contributed by atoms with Gasteiger partial charge in [-0.05, 0) is 27.1 Å². The lowest BCUT2D eigenvalue weighted by Crippen LogP contribution is -2.28. The second-order valence-corrected chi connectivity index (χ2v) is 4.55. The second-order valence-electron chi connectivity index (χ2n) is 4.55. The summed E-state index contributed by atoms with van der Waals surface area (Å²) >= 11 is 0. The van der Waals surface area contributed by atoms with Crippen molar-refractivity contribution in [1.29, 1.82) is 0 Å². The molecule has 1 aromatic rings. The highest BCUT2D eigenvalue weighted by atomic mass is 16.4. The lowest BCUT2D eigenvalue weighted by molar-refractivity contribution is -0.135. The van der Waals surface area contributed by atoms with Crippen molar-refractivity contribution >= 4 is 17.5 Å². The average molecular weight is 255 g/mol. The van der Waals surface area contributed by atoms with Gasteiger partial charge in [0.05, 0.1) is 11.9 Å². The van der Waals surface area contributed by atoms with Gasteiger partial charge in [-0.2, -0.15) is 5.10 Å². The number of carboxylic acid groups (broad SMARTS) is 1. The van der Waals surface area contributed by atoms with Gasteiger partial charge in [0.25, 0.3) is 0 Å². The van der Waals surface area contributed by atoms with Gasteiger partial charge in [0.1, 0.15) is 6.54 Å². The second kappa shape index (κ2) is 6.25. The van der Waals surface area contributed by atoms with E-state index in [2.05, 4.69) is 10.00 Å².